The molecule has 0 saturated carbocycles. The topological polar surface area (TPSA) is 35.5 Å². The Morgan fingerprint density at radius 2 is 1.55 bits per heavy atom. The first-order chi connectivity index (χ1) is 9.72. The molecule has 0 spiro atoms. The van der Waals surface area contributed by atoms with Gasteiger partial charge in [-0.05, 0) is 55.5 Å². The van der Waals surface area contributed by atoms with Crippen LogP contribution in [0.15, 0.2) is 58.3 Å². The second kappa shape index (κ2) is 7.01. The SMILES string of the molecule is CCOC(=O)c1ccc(Sc2ccc(OC)cc2)cc1. The second-order valence-electron chi connectivity index (χ2n) is 4.02. The first-order valence-corrected chi connectivity index (χ1v) is 7.13. The van der Waals surface area contributed by atoms with Gasteiger partial charge in [0.15, 0.2) is 0 Å². The Morgan fingerprint density at radius 1 is 1.00 bits per heavy atom. The summed E-state index contributed by atoms with van der Waals surface area (Å²) in [4.78, 5) is 13.7. The van der Waals surface area contributed by atoms with Gasteiger partial charge in [0, 0.05) is 9.79 Å². The van der Waals surface area contributed by atoms with Crippen molar-refractivity contribution in [1.29, 1.82) is 0 Å². The number of hydrogen-bond donors (Lipinski definition) is 0. The maximum Gasteiger partial charge on any atom is 0.338 e. The van der Waals surface area contributed by atoms with Crippen molar-refractivity contribution < 1.29 is 14.3 Å². The Hall–Kier alpha value is -1.94. The third-order valence-electron chi connectivity index (χ3n) is 2.66. The molecular weight excluding hydrogens is 272 g/mol. The smallest absolute Gasteiger partial charge is 0.338 e. The molecule has 0 fully saturated rings. The fourth-order valence-electron chi connectivity index (χ4n) is 1.65. The van der Waals surface area contributed by atoms with E-state index in [1.54, 1.807) is 37.9 Å². The van der Waals surface area contributed by atoms with Crippen molar-refractivity contribution in [2.75, 3.05) is 13.7 Å². The zero-order valence-corrected chi connectivity index (χ0v) is 12.3. The Labute approximate surface area is 122 Å². The summed E-state index contributed by atoms with van der Waals surface area (Å²) in [5, 5.41) is 0. The number of methoxy groups -OCH3 is 1. The van der Waals surface area contributed by atoms with E-state index in [0.717, 1.165) is 15.5 Å². The van der Waals surface area contributed by atoms with Gasteiger partial charge in [0.05, 0.1) is 19.3 Å². The van der Waals surface area contributed by atoms with Crippen LogP contribution in [0.2, 0.25) is 0 Å². The van der Waals surface area contributed by atoms with Crippen molar-refractivity contribution >= 4 is 17.7 Å². The molecule has 0 aromatic heterocycles. The van der Waals surface area contributed by atoms with Crippen molar-refractivity contribution in [2.45, 2.75) is 16.7 Å². The minimum absolute atomic E-state index is 0.284. The van der Waals surface area contributed by atoms with E-state index in [1.165, 1.54) is 0 Å². The standard InChI is InChI=1S/C16H16O3S/c1-3-19-16(17)12-4-8-14(9-5-12)20-15-10-6-13(18-2)7-11-15/h4-11H,3H2,1-2H3. The van der Waals surface area contributed by atoms with E-state index in [1.807, 2.05) is 36.4 Å². The van der Waals surface area contributed by atoms with Crippen molar-refractivity contribution in [2.24, 2.45) is 0 Å². The summed E-state index contributed by atoms with van der Waals surface area (Å²) < 4.78 is 10.1. The third kappa shape index (κ3) is 3.78. The lowest BCUT2D eigenvalue weighted by Gasteiger charge is -2.05. The molecule has 20 heavy (non-hydrogen) atoms. The van der Waals surface area contributed by atoms with Crippen LogP contribution in [0, 0.1) is 0 Å². The molecule has 2 rings (SSSR count). The van der Waals surface area contributed by atoms with Crippen molar-refractivity contribution in [3.05, 3.63) is 54.1 Å². The summed E-state index contributed by atoms with van der Waals surface area (Å²) in [5.74, 6) is 0.556. The highest BCUT2D eigenvalue weighted by Crippen LogP contribution is 2.29. The van der Waals surface area contributed by atoms with Crippen LogP contribution < -0.4 is 4.74 Å². The number of ether oxygens (including phenoxy) is 2. The minimum Gasteiger partial charge on any atom is -0.497 e. The predicted molar refractivity (Wildman–Crippen MR) is 79.5 cm³/mol. The van der Waals surface area contributed by atoms with Crippen LogP contribution in [0.5, 0.6) is 5.75 Å². The number of esters is 1. The van der Waals surface area contributed by atoms with Crippen LogP contribution in [0.4, 0.5) is 0 Å². The quantitative estimate of drug-likeness (QED) is 0.778. The molecule has 0 N–H and O–H groups in total. The molecule has 2 aromatic carbocycles. The molecule has 3 nitrogen and oxygen atoms in total. The monoisotopic (exact) mass is 288 g/mol. The highest BCUT2D eigenvalue weighted by Gasteiger charge is 2.06. The number of carbonyl (C=O) groups excluding carboxylic acids is 1. The summed E-state index contributed by atoms with van der Waals surface area (Å²) in [7, 11) is 1.65. The van der Waals surface area contributed by atoms with Crippen molar-refractivity contribution in [1.82, 2.24) is 0 Å². The van der Waals surface area contributed by atoms with E-state index in [9.17, 15) is 4.79 Å². The molecule has 104 valence electrons. The van der Waals surface area contributed by atoms with E-state index in [-0.39, 0.29) is 5.97 Å². The van der Waals surface area contributed by atoms with Crippen LogP contribution in [0.3, 0.4) is 0 Å². The van der Waals surface area contributed by atoms with Crippen molar-refractivity contribution in [3.63, 3.8) is 0 Å². The summed E-state index contributed by atoms with van der Waals surface area (Å²) in [6.07, 6.45) is 0. The van der Waals surface area contributed by atoms with E-state index in [2.05, 4.69) is 0 Å². The van der Waals surface area contributed by atoms with Gasteiger partial charge in [-0.2, -0.15) is 0 Å². The van der Waals surface area contributed by atoms with E-state index >= 15 is 0 Å². The third-order valence-corrected chi connectivity index (χ3v) is 3.68. The van der Waals surface area contributed by atoms with Gasteiger partial charge in [-0.15, -0.1) is 0 Å². The molecular formula is C16H16O3S. The van der Waals surface area contributed by atoms with Gasteiger partial charge in [-0.3, -0.25) is 0 Å². The molecule has 0 aliphatic rings. The lowest BCUT2D eigenvalue weighted by atomic mass is 10.2. The first-order valence-electron chi connectivity index (χ1n) is 6.32. The zero-order valence-electron chi connectivity index (χ0n) is 11.5. The number of carbonyl (C=O) groups is 1. The van der Waals surface area contributed by atoms with Gasteiger partial charge in [0.25, 0.3) is 0 Å². The molecule has 0 saturated heterocycles. The van der Waals surface area contributed by atoms with E-state index in [4.69, 9.17) is 9.47 Å². The van der Waals surface area contributed by atoms with Crippen LogP contribution in [0.25, 0.3) is 0 Å². The summed E-state index contributed by atoms with van der Waals surface area (Å²) in [6, 6.07) is 15.3. The van der Waals surface area contributed by atoms with Crippen LogP contribution >= 0.6 is 11.8 Å². The molecule has 0 amide bonds. The molecule has 0 unspecified atom stereocenters. The Morgan fingerprint density at radius 3 is 2.05 bits per heavy atom. The lowest BCUT2D eigenvalue weighted by Crippen LogP contribution is -2.03. The summed E-state index contributed by atoms with van der Waals surface area (Å²) >= 11 is 1.63. The Bertz CT molecular complexity index is 561. The number of hydrogen-bond acceptors (Lipinski definition) is 4. The van der Waals surface area contributed by atoms with Gasteiger partial charge in [-0.25, -0.2) is 4.79 Å². The molecule has 0 radical (unpaired) electrons. The van der Waals surface area contributed by atoms with Crippen LogP contribution in [-0.4, -0.2) is 19.7 Å². The minimum atomic E-state index is -0.284. The molecule has 0 bridgehead atoms. The van der Waals surface area contributed by atoms with Gasteiger partial charge < -0.3 is 9.47 Å². The fourth-order valence-corrected chi connectivity index (χ4v) is 2.47. The van der Waals surface area contributed by atoms with E-state index in [0.29, 0.717) is 12.2 Å². The Balaban J connectivity index is 2.04. The van der Waals surface area contributed by atoms with Crippen LogP contribution in [0.1, 0.15) is 17.3 Å². The normalized spacial score (nSPS) is 10.1. The molecule has 0 aliphatic carbocycles. The van der Waals surface area contributed by atoms with E-state index < -0.39 is 0 Å². The van der Waals surface area contributed by atoms with Gasteiger partial charge in [0.2, 0.25) is 0 Å². The molecule has 0 aliphatic heterocycles. The number of benzene rings is 2. The summed E-state index contributed by atoms with van der Waals surface area (Å²) in [6.45, 7) is 2.19. The molecule has 0 atom stereocenters. The largest absolute Gasteiger partial charge is 0.497 e. The van der Waals surface area contributed by atoms with Gasteiger partial charge in [0.1, 0.15) is 5.75 Å². The predicted octanol–water partition coefficient (Wildman–Crippen LogP) is 4.02. The summed E-state index contributed by atoms with van der Waals surface area (Å²) in [5.41, 5.74) is 0.575. The van der Waals surface area contributed by atoms with Gasteiger partial charge >= 0.3 is 5.97 Å². The first kappa shape index (κ1) is 14.5. The van der Waals surface area contributed by atoms with Crippen LogP contribution in [-0.2, 0) is 4.74 Å². The van der Waals surface area contributed by atoms with Crippen molar-refractivity contribution in [3.8, 4) is 5.75 Å². The fraction of sp³-hybridized carbons (Fsp3) is 0.188. The van der Waals surface area contributed by atoms with Gasteiger partial charge in [-0.1, -0.05) is 11.8 Å². The zero-order chi connectivity index (χ0) is 14.4. The molecule has 4 heteroatoms. The molecule has 0 heterocycles. The highest BCUT2D eigenvalue weighted by molar-refractivity contribution is 7.99. The molecule has 2 aromatic rings. The highest BCUT2D eigenvalue weighted by atomic mass is 32.2. The Kier molecular flexibility index (Phi) is 5.07. The second-order valence-corrected chi connectivity index (χ2v) is 5.17. The maximum absolute atomic E-state index is 11.5. The average molecular weight is 288 g/mol. The lowest BCUT2D eigenvalue weighted by molar-refractivity contribution is 0.0526. The number of rotatable bonds is 5. The maximum atomic E-state index is 11.5. The average Bonchev–Trinajstić information content (AvgIpc) is 2.49.